The van der Waals surface area contributed by atoms with Gasteiger partial charge in [0.05, 0.1) is 5.54 Å². The summed E-state index contributed by atoms with van der Waals surface area (Å²) >= 11 is 3.51. The molecule has 4 heteroatoms. The maximum atomic E-state index is 12.1. The summed E-state index contributed by atoms with van der Waals surface area (Å²) in [6.45, 7) is 1.90. The second-order valence-corrected chi connectivity index (χ2v) is 5.30. The zero-order valence-corrected chi connectivity index (χ0v) is 11.6. The van der Waals surface area contributed by atoms with E-state index in [2.05, 4.69) is 26.2 Å². The lowest BCUT2D eigenvalue weighted by Gasteiger charge is -2.27. The molecular formula is C13H17BrN2O. The number of amides is 1. The number of nitrogens with zero attached hydrogens (tertiary/aromatic N) is 1. The van der Waals surface area contributed by atoms with Crippen LogP contribution in [-0.2, 0) is 0 Å². The van der Waals surface area contributed by atoms with E-state index in [0.717, 1.165) is 23.9 Å². The Morgan fingerprint density at radius 1 is 1.47 bits per heavy atom. The molecule has 0 aromatic carbocycles. The Balaban J connectivity index is 2.11. The molecule has 0 saturated heterocycles. The van der Waals surface area contributed by atoms with Gasteiger partial charge in [0, 0.05) is 11.0 Å². The first-order valence-electron chi connectivity index (χ1n) is 5.97. The van der Waals surface area contributed by atoms with Crippen molar-refractivity contribution in [3.8, 4) is 0 Å². The molecule has 2 rings (SSSR count). The van der Waals surface area contributed by atoms with Crippen molar-refractivity contribution in [3.05, 3.63) is 29.6 Å². The third-order valence-corrected chi connectivity index (χ3v) is 4.39. The van der Waals surface area contributed by atoms with E-state index in [-0.39, 0.29) is 11.4 Å². The average molecular weight is 297 g/mol. The number of rotatable bonds is 3. The molecule has 0 radical (unpaired) electrons. The highest BCUT2D eigenvalue weighted by atomic mass is 79.9. The predicted octanol–water partition coefficient (Wildman–Crippen LogP) is 2.83. The molecule has 1 aromatic heterocycles. The monoisotopic (exact) mass is 296 g/mol. The van der Waals surface area contributed by atoms with Gasteiger partial charge >= 0.3 is 0 Å². The first-order chi connectivity index (χ1) is 8.15. The summed E-state index contributed by atoms with van der Waals surface area (Å²) in [6, 6.07) is 5.53. The average Bonchev–Trinajstić information content (AvgIpc) is 2.78. The van der Waals surface area contributed by atoms with Gasteiger partial charge in [-0.2, -0.15) is 0 Å². The van der Waals surface area contributed by atoms with E-state index in [1.165, 1.54) is 12.8 Å². The van der Waals surface area contributed by atoms with Crippen LogP contribution in [0.3, 0.4) is 0 Å². The maximum Gasteiger partial charge on any atom is 0.270 e. The quantitative estimate of drug-likeness (QED) is 0.872. The molecule has 1 amide bonds. The minimum Gasteiger partial charge on any atom is -0.344 e. The fourth-order valence-electron chi connectivity index (χ4n) is 2.32. The number of nitrogens with one attached hydrogen (secondary N) is 1. The second-order valence-electron chi connectivity index (χ2n) is 4.74. The largest absolute Gasteiger partial charge is 0.344 e. The Hall–Kier alpha value is -0.900. The third-order valence-electron chi connectivity index (χ3n) is 3.32. The predicted molar refractivity (Wildman–Crippen MR) is 71.4 cm³/mol. The highest BCUT2D eigenvalue weighted by molar-refractivity contribution is 9.09. The van der Waals surface area contributed by atoms with Gasteiger partial charge in [-0.3, -0.25) is 4.79 Å². The summed E-state index contributed by atoms with van der Waals surface area (Å²) in [6.07, 6.45) is 4.48. The molecule has 1 aliphatic rings. The molecule has 92 valence electrons. The molecule has 1 N–H and O–H groups in total. The number of pyridine rings is 1. The SMILES string of the molecule is Cc1cccc(C(=O)NC2(CBr)CCCC2)n1. The summed E-state index contributed by atoms with van der Waals surface area (Å²) in [5, 5.41) is 3.95. The zero-order chi connectivity index (χ0) is 12.3. The number of aryl methyl sites for hydroxylation is 1. The minimum atomic E-state index is -0.0670. The van der Waals surface area contributed by atoms with Crippen LogP contribution in [0.5, 0.6) is 0 Å². The number of hydrogen-bond donors (Lipinski definition) is 1. The van der Waals surface area contributed by atoms with Crippen LogP contribution < -0.4 is 5.32 Å². The van der Waals surface area contributed by atoms with Gasteiger partial charge in [-0.25, -0.2) is 4.98 Å². The second kappa shape index (κ2) is 5.17. The molecule has 0 bridgehead atoms. The lowest BCUT2D eigenvalue weighted by atomic mass is 10.0. The van der Waals surface area contributed by atoms with Gasteiger partial charge in [-0.05, 0) is 31.9 Å². The Bertz CT molecular complexity index is 414. The van der Waals surface area contributed by atoms with E-state index < -0.39 is 0 Å². The van der Waals surface area contributed by atoms with Gasteiger partial charge in [0.15, 0.2) is 0 Å². The molecule has 0 unspecified atom stereocenters. The third kappa shape index (κ3) is 2.86. The number of alkyl halides is 1. The molecule has 0 atom stereocenters. The Morgan fingerprint density at radius 3 is 2.76 bits per heavy atom. The fourth-order valence-corrected chi connectivity index (χ4v) is 3.02. The fraction of sp³-hybridized carbons (Fsp3) is 0.538. The molecule has 1 heterocycles. The van der Waals surface area contributed by atoms with Crippen molar-refractivity contribution in [2.45, 2.75) is 38.1 Å². The molecule has 1 aliphatic carbocycles. The van der Waals surface area contributed by atoms with Crippen LogP contribution in [0, 0.1) is 6.92 Å². The Kier molecular flexibility index (Phi) is 3.82. The van der Waals surface area contributed by atoms with Crippen molar-refractivity contribution in [2.24, 2.45) is 0 Å². The number of hydrogen-bond acceptors (Lipinski definition) is 2. The highest BCUT2D eigenvalue weighted by Gasteiger charge is 2.34. The molecule has 17 heavy (non-hydrogen) atoms. The van der Waals surface area contributed by atoms with Gasteiger partial charge in [0.25, 0.3) is 5.91 Å². The van der Waals surface area contributed by atoms with Crippen molar-refractivity contribution in [1.29, 1.82) is 0 Å². The van der Waals surface area contributed by atoms with Gasteiger partial charge in [0.1, 0.15) is 5.69 Å². The van der Waals surface area contributed by atoms with Crippen LogP contribution in [0.1, 0.15) is 41.9 Å². The molecule has 3 nitrogen and oxygen atoms in total. The number of aromatic nitrogens is 1. The van der Waals surface area contributed by atoms with E-state index in [9.17, 15) is 4.79 Å². The van der Waals surface area contributed by atoms with Crippen LogP contribution in [0.15, 0.2) is 18.2 Å². The number of carbonyl (C=O) groups is 1. The summed E-state index contributed by atoms with van der Waals surface area (Å²) in [5.41, 5.74) is 1.32. The minimum absolute atomic E-state index is 0.0601. The summed E-state index contributed by atoms with van der Waals surface area (Å²) in [5.74, 6) is -0.0601. The molecule has 1 fully saturated rings. The van der Waals surface area contributed by atoms with Gasteiger partial charge in [-0.1, -0.05) is 34.8 Å². The van der Waals surface area contributed by atoms with Crippen LogP contribution in [0.2, 0.25) is 0 Å². The molecule has 0 aliphatic heterocycles. The van der Waals surface area contributed by atoms with E-state index in [4.69, 9.17) is 0 Å². The van der Waals surface area contributed by atoms with E-state index >= 15 is 0 Å². The standard InChI is InChI=1S/C13H17BrN2O/c1-10-5-4-6-11(15-10)12(17)16-13(9-14)7-2-3-8-13/h4-6H,2-3,7-9H2,1H3,(H,16,17). The molecule has 1 aromatic rings. The molecule has 0 spiro atoms. The molecule has 1 saturated carbocycles. The van der Waals surface area contributed by atoms with Crippen LogP contribution in [0.4, 0.5) is 0 Å². The van der Waals surface area contributed by atoms with Crippen molar-refractivity contribution < 1.29 is 4.79 Å². The van der Waals surface area contributed by atoms with E-state index in [0.29, 0.717) is 5.69 Å². The molecular weight excluding hydrogens is 280 g/mol. The lowest BCUT2D eigenvalue weighted by Crippen LogP contribution is -2.48. The van der Waals surface area contributed by atoms with Crippen LogP contribution >= 0.6 is 15.9 Å². The van der Waals surface area contributed by atoms with Crippen LogP contribution in [0.25, 0.3) is 0 Å². The van der Waals surface area contributed by atoms with E-state index in [1.54, 1.807) is 6.07 Å². The summed E-state index contributed by atoms with van der Waals surface area (Å²) < 4.78 is 0. The number of carbonyl (C=O) groups excluding carboxylic acids is 1. The van der Waals surface area contributed by atoms with Crippen LogP contribution in [-0.4, -0.2) is 21.8 Å². The van der Waals surface area contributed by atoms with E-state index in [1.807, 2.05) is 19.1 Å². The van der Waals surface area contributed by atoms with Gasteiger partial charge in [-0.15, -0.1) is 0 Å². The summed E-state index contributed by atoms with van der Waals surface area (Å²) in [4.78, 5) is 16.4. The zero-order valence-electron chi connectivity index (χ0n) is 10.0. The van der Waals surface area contributed by atoms with Gasteiger partial charge < -0.3 is 5.32 Å². The van der Waals surface area contributed by atoms with Crippen molar-refractivity contribution in [2.75, 3.05) is 5.33 Å². The van der Waals surface area contributed by atoms with Crippen molar-refractivity contribution in [1.82, 2.24) is 10.3 Å². The first-order valence-corrected chi connectivity index (χ1v) is 7.09. The van der Waals surface area contributed by atoms with Crippen molar-refractivity contribution in [3.63, 3.8) is 0 Å². The lowest BCUT2D eigenvalue weighted by molar-refractivity contribution is 0.0905. The Labute approximate surface area is 110 Å². The van der Waals surface area contributed by atoms with Crippen molar-refractivity contribution >= 4 is 21.8 Å². The number of halogens is 1. The highest BCUT2D eigenvalue weighted by Crippen LogP contribution is 2.31. The first kappa shape index (κ1) is 12.6. The summed E-state index contributed by atoms with van der Waals surface area (Å²) in [7, 11) is 0. The smallest absolute Gasteiger partial charge is 0.270 e. The topological polar surface area (TPSA) is 42.0 Å². The Morgan fingerprint density at radius 2 is 2.18 bits per heavy atom. The van der Waals surface area contributed by atoms with Gasteiger partial charge in [0.2, 0.25) is 0 Å². The maximum absolute atomic E-state index is 12.1. The normalized spacial score (nSPS) is 18.0.